The first-order valence-corrected chi connectivity index (χ1v) is 6.87. The van der Waals surface area contributed by atoms with E-state index in [-0.39, 0.29) is 12.6 Å². The summed E-state index contributed by atoms with van der Waals surface area (Å²) < 4.78 is 5.33. The SMILES string of the molecule is CNc1nc(NC(C)CCO)nc(N2CCOCC2)n1. The number of anilines is 3. The van der Waals surface area contributed by atoms with Crippen LogP contribution in [0.2, 0.25) is 0 Å². The van der Waals surface area contributed by atoms with E-state index in [1.807, 2.05) is 6.92 Å². The number of nitrogens with zero attached hydrogens (tertiary/aromatic N) is 4. The Balaban J connectivity index is 2.14. The average molecular weight is 282 g/mol. The second-order valence-electron chi connectivity index (χ2n) is 4.69. The van der Waals surface area contributed by atoms with Crippen LogP contribution in [-0.4, -0.2) is 66.1 Å². The van der Waals surface area contributed by atoms with E-state index in [1.54, 1.807) is 7.05 Å². The number of ether oxygens (including phenoxy) is 1. The first kappa shape index (κ1) is 14.7. The maximum Gasteiger partial charge on any atom is 0.232 e. The zero-order valence-corrected chi connectivity index (χ0v) is 12.0. The molecule has 1 aliphatic heterocycles. The minimum absolute atomic E-state index is 0.102. The van der Waals surface area contributed by atoms with Crippen LogP contribution in [0, 0.1) is 0 Å². The number of aromatic nitrogens is 3. The minimum atomic E-state index is 0.102. The normalized spacial score (nSPS) is 16.9. The van der Waals surface area contributed by atoms with Crippen LogP contribution in [-0.2, 0) is 4.74 Å². The summed E-state index contributed by atoms with van der Waals surface area (Å²) >= 11 is 0. The highest BCUT2D eigenvalue weighted by Crippen LogP contribution is 2.15. The maximum atomic E-state index is 8.95. The van der Waals surface area contributed by atoms with Crippen LogP contribution in [0.3, 0.4) is 0 Å². The number of aliphatic hydroxyl groups is 1. The van der Waals surface area contributed by atoms with Crippen LogP contribution in [0.1, 0.15) is 13.3 Å². The van der Waals surface area contributed by atoms with E-state index >= 15 is 0 Å². The van der Waals surface area contributed by atoms with Crippen LogP contribution < -0.4 is 15.5 Å². The number of nitrogens with one attached hydrogen (secondary N) is 2. The Bertz CT molecular complexity index is 424. The van der Waals surface area contributed by atoms with Crippen LogP contribution in [0.4, 0.5) is 17.8 Å². The Morgan fingerprint density at radius 2 is 1.95 bits per heavy atom. The lowest BCUT2D eigenvalue weighted by molar-refractivity contribution is 0.122. The van der Waals surface area contributed by atoms with E-state index in [2.05, 4.69) is 30.5 Å². The molecule has 1 fully saturated rings. The molecule has 0 spiro atoms. The number of hydrogen-bond donors (Lipinski definition) is 3. The van der Waals surface area contributed by atoms with Crippen LogP contribution in [0.15, 0.2) is 0 Å². The van der Waals surface area contributed by atoms with E-state index < -0.39 is 0 Å². The molecule has 0 radical (unpaired) electrons. The van der Waals surface area contributed by atoms with Gasteiger partial charge in [-0.05, 0) is 13.3 Å². The zero-order valence-electron chi connectivity index (χ0n) is 12.0. The molecule has 1 aromatic rings. The van der Waals surface area contributed by atoms with Gasteiger partial charge >= 0.3 is 0 Å². The van der Waals surface area contributed by atoms with Gasteiger partial charge in [-0.25, -0.2) is 0 Å². The maximum absolute atomic E-state index is 8.95. The molecular weight excluding hydrogens is 260 g/mol. The van der Waals surface area contributed by atoms with Gasteiger partial charge in [0.05, 0.1) is 13.2 Å². The van der Waals surface area contributed by atoms with Crippen molar-refractivity contribution in [1.29, 1.82) is 0 Å². The number of rotatable bonds is 6. The van der Waals surface area contributed by atoms with E-state index in [4.69, 9.17) is 9.84 Å². The van der Waals surface area contributed by atoms with Crippen molar-refractivity contribution < 1.29 is 9.84 Å². The Labute approximate surface area is 118 Å². The third kappa shape index (κ3) is 3.91. The summed E-state index contributed by atoms with van der Waals surface area (Å²) in [4.78, 5) is 15.2. The van der Waals surface area contributed by atoms with Crippen molar-refractivity contribution >= 4 is 17.8 Å². The van der Waals surface area contributed by atoms with Crippen molar-refractivity contribution in [2.45, 2.75) is 19.4 Å². The van der Waals surface area contributed by atoms with E-state index in [0.29, 0.717) is 37.5 Å². The predicted octanol–water partition coefficient (Wildman–Crippen LogP) is -0.0673. The van der Waals surface area contributed by atoms with Gasteiger partial charge in [0.15, 0.2) is 0 Å². The van der Waals surface area contributed by atoms with Gasteiger partial charge in [0, 0.05) is 32.8 Å². The van der Waals surface area contributed by atoms with E-state index in [0.717, 1.165) is 13.1 Å². The molecule has 3 N–H and O–H groups in total. The second kappa shape index (κ2) is 7.20. The topological polar surface area (TPSA) is 95.4 Å². The predicted molar refractivity (Wildman–Crippen MR) is 77.2 cm³/mol. The molecule has 112 valence electrons. The fraction of sp³-hybridized carbons (Fsp3) is 0.750. The van der Waals surface area contributed by atoms with Crippen molar-refractivity contribution in [1.82, 2.24) is 15.0 Å². The van der Waals surface area contributed by atoms with Crippen molar-refractivity contribution in [3.05, 3.63) is 0 Å². The minimum Gasteiger partial charge on any atom is -0.396 e. The number of hydrogen-bond acceptors (Lipinski definition) is 8. The van der Waals surface area contributed by atoms with Crippen molar-refractivity contribution in [2.24, 2.45) is 0 Å². The third-order valence-corrected chi connectivity index (χ3v) is 3.08. The highest BCUT2D eigenvalue weighted by Gasteiger charge is 2.16. The summed E-state index contributed by atoms with van der Waals surface area (Å²) in [7, 11) is 1.78. The van der Waals surface area contributed by atoms with Gasteiger partial charge in [0.2, 0.25) is 17.8 Å². The quantitative estimate of drug-likeness (QED) is 0.667. The Morgan fingerprint density at radius 3 is 2.60 bits per heavy atom. The smallest absolute Gasteiger partial charge is 0.232 e. The first-order chi connectivity index (χ1) is 9.72. The molecule has 2 rings (SSSR count). The molecule has 0 saturated carbocycles. The molecule has 2 heterocycles. The molecule has 20 heavy (non-hydrogen) atoms. The lowest BCUT2D eigenvalue weighted by atomic mass is 10.2. The molecule has 1 saturated heterocycles. The monoisotopic (exact) mass is 282 g/mol. The summed E-state index contributed by atoms with van der Waals surface area (Å²) in [5.74, 6) is 1.69. The summed E-state index contributed by atoms with van der Waals surface area (Å²) in [5.41, 5.74) is 0. The zero-order chi connectivity index (χ0) is 14.4. The lowest BCUT2D eigenvalue weighted by Crippen LogP contribution is -2.37. The van der Waals surface area contributed by atoms with Gasteiger partial charge in [0.1, 0.15) is 0 Å². The highest BCUT2D eigenvalue weighted by atomic mass is 16.5. The largest absolute Gasteiger partial charge is 0.396 e. The molecule has 1 aromatic heterocycles. The van der Waals surface area contributed by atoms with Gasteiger partial charge in [-0.3, -0.25) is 0 Å². The molecule has 1 atom stereocenters. The van der Waals surface area contributed by atoms with Gasteiger partial charge in [-0.2, -0.15) is 15.0 Å². The summed E-state index contributed by atoms with van der Waals surface area (Å²) in [5, 5.41) is 15.1. The summed E-state index contributed by atoms with van der Waals surface area (Å²) in [6.45, 7) is 5.04. The summed E-state index contributed by atoms with van der Waals surface area (Å²) in [6.07, 6.45) is 0.646. The summed E-state index contributed by atoms with van der Waals surface area (Å²) in [6, 6.07) is 0.102. The standard InChI is InChI=1S/C12H22N6O2/c1-9(3-6-19)14-11-15-10(13-2)16-12(17-11)18-4-7-20-8-5-18/h9,19H,3-8H2,1-2H3,(H2,13,14,15,16,17). The van der Waals surface area contributed by atoms with Gasteiger partial charge in [-0.15, -0.1) is 0 Å². The van der Waals surface area contributed by atoms with Crippen molar-refractivity contribution in [2.75, 3.05) is 55.5 Å². The van der Waals surface area contributed by atoms with Gasteiger partial charge in [0.25, 0.3) is 0 Å². The lowest BCUT2D eigenvalue weighted by Gasteiger charge is -2.27. The van der Waals surface area contributed by atoms with Crippen LogP contribution in [0.25, 0.3) is 0 Å². The third-order valence-electron chi connectivity index (χ3n) is 3.08. The molecule has 8 heteroatoms. The second-order valence-corrected chi connectivity index (χ2v) is 4.69. The fourth-order valence-corrected chi connectivity index (χ4v) is 1.93. The van der Waals surface area contributed by atoms with Crippen molar-refractivity contribution in [3.63, 3.8) is 0 Å². The fourth-order valence-electron chi connectivity index (χ4n) is 1.93. The first-order valence-electron chi connectivity index (χ1n) is 6.87. The van der Waals surface area contributed by atoms with Crippen LogP contribution >= 0.6 is 0 Å². The van der Waals surface area contributed by atoms with Crippen molar-refractivity contribution in [3.8, 4) is 0 Å². The number of aliphatic hydroxyl groups excluding tert-OH is 1. The van der Waals surface area contributed by atoms with E-state index in [1.165, 1.54) is 0 Å². The molecule has 1 unspecified atom stereocenters. The van der Waals surface area contributed by atoms with Gasteiger partial charge < -0.3 is 25.4 Å². The molecule has 0 aromatic carbocycles. The molecule has 0 aliphatic carbocycles. The average Bonchev–Trinajstić information content (AvgIpc) is 2.48. The molecule has 0 bridgehead atoms. The number of morpholine rings is 1. The highest BCUT2D eigenvalue weighted by molar-refractivity contribution is 5.44. The Hall–Kier alpha value is -1.67. The van der Waals surface area contributed by atoms with Crippen LogP contribution in [0.5, 0.6) is 0 Å². The molecule has 0 amide bonds. The molecular formula is C12H22N6O2. The molecule has 8 nitrogen and oxygen atoms in total. The Kier molecular flexibility index (Phi) is 5.31. The van der Waals surface area contributed by atoms with E-state index in [9.17, 15) is 0 Å². The molecule has 1 aliphatic rings. The van der Waals surface area contributed by atoms with Gasteiger partial charge in [-0.1, -0.05) is 0 Å². The Morgan fingerprint density at radius 1 is 1.25 bits per heavy atom.